The molecule has 5 heteroatoms. The van der Waals surface area contributed by atoms with Crippen molar-refractivity contribution in [3.8, 4) is 11.8 Å². The van der Waals surface area contributed by atoms with Crippen molar-refractivity contribution in [1.29, 1.82) is 0 Å². The van der Waals surface area contributed by atoms with Gasteiger partial charge in [0.1, 0.15) is 5.56 Å². The molecular weight excluding hydrogens is 182 g/mol. The minimum absolute atomic E-state index is 0.0953. The number of hydrogen-bond donors (Lipinski definition) is 2. The van der Waals surface area contributed by atoms with Crippen molar-refractivity contribution in [3.05, 3.63) is 17.8 Å². The third kappa shape index (κ3) is 2.45. The van der Waals surface area contributed by atoms with Crippen LogP contribution in [0.1, 0.15) is 17.3 Å². The molecule has 5 nitrogen and oxygen atoms in total. The summed E-state index contributed by atoms with van der Waals surface area (Å²) in [5, 5.41) is 18.8. The highest BCUT2D eigenvalue weighted by Crippen LogP contribution is 2.08. The summed E-state index contributed by atoms with van der Waals surface area (Å²) in [6.45, 7) is 2.06. The van der Waals surface area contributed by atoms with Crippen molar-refractivity contribution in [2.75, 3.05) is 11.9 Å². The fourth-order valence-electron chi connectivity index (χ4n) is 0.851. The Labute approximate surface area is 81.2 Å². The number of carbonyl (C=O) groups is 1. The maximum Gasteiger partial charge on any atom is 0.339 e. The molecule has 0 aliphatic rings. The van der Waals surface area contributed by atoms with Gasteiger partial charge in [-0.2, -0.15) is 5.10 Å². The number of carboxylic acids is 1. The van der Waals surface area contributed by atoms with Crippen molar-refractivity contribution in [2.24, 2.45) is 0 Å². The molecule has 14 heavy (non-hydrogen) atoms. The number of aromatic carboxylic acids is 1. The molecular formula is C9H9N3O2. The van der Waals surface area contributed by atoms with Crippen LogP contribution in [0.15, 0.2) is 12.3 Å². The topological polar surface area (TPSA) is 75.1 Å². The number of nitrogens with zero attached hydrogens (tertiary/aromatic N) is 2. The fourth-order valence-corrected chi connectivity index (χ4v) is 0.851. The van der Waals surface area contributed by atoms with E-state index >= 15 is 0 Å². The molecule has 0 saturated heterocycles. The minimum atomic E-state index is -1.04. The van der Waals surface area contributed by atoms with Crippen LogP contribution in [0.3, 0.4) is 0 Å². The largest absolute Gasteiger partial charge is 0.478 e. The van der Waals surface area contributed by atoms with E-state index in [-0.39, 0.29) is 11.4 Å². The number of carboxylic acid groups (broad SMARTS) is 1. The zero-order chi connectivity index (χ0) is 10.4. The summed E-state index contributed by atoms with van der Waals surface area (Å²) < 4.78 is 0. The van der Waals surface area contributed by atoms with Gasteiger partial charge in [-0.05, 0) is 13.0 Å². The summed E-state index contributed by atoms with van der Waals surface area (Å²) in [5.41, 5.74) is 0.0953. The summed E-state index contributed by atoms with van der Waals surface area (Å²) >= 11 is 0. The predicted octanol–water partition coefficient (Wildman–Crippen LogP) is 0.610. The Morgan fingerprint density at radius 2 is 2.50 bits per heavy atom. The van der Waals surface area contributed by atoms with Crippen molar-refractivity contribution >= 4 is 11.8 Å². The molecule has 0 atom stereocenters. The van der Waals surface area contributed by atoms with Crippen LogP contribution in [-0.4, -0.2) is 27.8 Å². The highest BCUT2D eigenvalue weighted by molar-refractivity contribution is 5.92. The van der Waals surface area contributed by atoms with Crippen LogP contribution < -0.4 is 5.32 Å². The van der Waals surface area contributed by atoms with Gasteiger partial charge in [-0.3, -0.25) is 0 Å². The Morgan fingerprint density at radius 3 is 3.14 bits per heavy atom. The molecule has 0 aliphatic heterocycles. The second-order valence-electron chi connectivity index (χ2n) is 2.38. The van der Waals surface area contributed by atoms with Crippen molar-refractivity contribution in [2.45, 2.75) is 6.92 Å². The predicted molar refractivity (Wildman–Crippen MR) is 50.9 cm³/mol. The summed E-state index contributed by atoms with van der Waals surface area (Å²) in [5.74, 6) is 4.62. The monoisotopic (exact) mass is 191 g/mol. The molecule has 1 rings (SSSR count). The number of anilines is 1. The normalized spacial score (nSPS) is 8.64. The molecule has 1 aromatic rings. The molecule has 2 N–H and O–H groups in total. The third-order valence-electron chi connectivity index (χ3n) is 1.47. The summed E-state index contributed by atoms with van der Waals surface area (Å²) in [7, 11) is 0. The molecule has 1 aromatic heterocycles. The molecule has 0 radical (unpaired) electrons. The van der Waals surface area contributed by atoms with Crippen molar-refractivity contribution in [3.63, 3.8) is 0 Å². The first kappa shape index (κ1) is 9.99. The van der Waals surface area contributed by atoms with Gasteiger partial charge < -0.3 is 10.4 Å². The fraction of sp³-hybridized carbons (Fsp3) is 0.222. The molecule has 0 aromatic carbocycles. The van der Waals surface area contributed by atoms with Gasteiger partial charge in [0.15, 0.2) is 5.82 Å². The van der Waals surface area contributed by atoms with Gasteiger partial charge in [-0.15, -0.1) is 11.0 Å². The SMILES string of the molecule is CC#CCNc1nnccc1C(=O)O. The lowest BCUT2D eigenvalue weighted by Crippen LogP contribution is -2.09. The average molecular weight is 191 g/mol. The van der Waals surface area contributed by atoms with E-state index < -0.39 is 5.97 Å². The van der Waals surface area contributed by atoms with E-state index in [0.29, 0.717) is 6.54 Å². The first-order valence-electron chi connectivity index (χ1n) is 3.94. The summed E-state index contributed by atoms with van der Waals surface area (Å²) in [6, 6.07) is 1.39. The van der Waals surface area contributed by atoms with E-state index in [0.717, 1.165) is 0 Å². The van der Waals surface area contributed by atoms with Crippen LogP contribution in [0.25, 0.3) is 0 Å². The van der Waals surface area contributed by atoms with E-state index in [1.165, 1.54) is 12.3 Å². The van der Waals surface area contributed by atoms with Gasteiger partial charge in [-0.1, -0.05) is 5.92 Å². The van der Waals surface area contributed by atoms with Crippen LogP contribution >= 0.6 is 0 Å². The smallest absolute Gasteiger partial charge is 0.339 e. The Hall–Kier alpha value is -2.09. The highest BCUT2D eigenvalue weighted by Gasteiger charge is 2.09. The third-order valence-corrected chi connectivity index (χ3v) is 1.47. The Balaban J connectivity index is 2.83. The van der Waals surface area contributed by atoms with E-state index in [2.05, 4.69) is 27.4 Å². The number of aromatic nitrogens is 2. The molecule has 0 saturated carbocycles. The van der Waals surface area contributed by atoms with Crippen molar-refractivity contribution in [1.82, 2.24) is 10.2 Å². The Morgan fingerprint density at radius 1 is 1.71 bits per heavy atom. The molecule has 0 amide bonds. The molecule has 72 valence electrons. The van der Waals surface area contributed by atoms with E-state index in [1.54, 1.807) is 6.92 Å². The van der Waals surface area contributed by atoms with E-state index in [9.17, 15) is 4.79 Å². The second-order valence-corrected chi connectivity index (χ2v) is 2.38. The maximum absolute atomic E-state index is 10.7. The lowest BCUT2D eigenvalue weighted by molar-refractivity contribution is 0.0697. The van der Waals surface area contributed by atoms with Crippen LogP contribution in [0, 0.1) is 11.8 Å². The Kier molecular flexibility index (Phi) is 3.44. The van der Waals surface area contributed by atoms with Gasteiger partial charge in [0.2, 0.25) is 0 Å². The Bertz CT molecular complexity index is 393. The zero-order valence-electron chi connectivity index (χ0n) is 7.61. The average Bonchev–Trinajstić information content (AvgIpc) is 2.19. The molecule has 0 aliphatic carbocycles. The summed E-state index contributed by atoms with van der Waals surface area (Å²) in [6.07, 6.45) is 1.33. The molecule has 1 heterocycles. The van der Waals surface area contributed by atoms with Gasteiger partial charge >= 0.3 is 5.97 Å². The number of rotatable bonds is 3. The van der Waals surface area contributed by atoms with Gasteiger partial charge in [0.25, 0.3) is 0 Å². The van der Waals surface area contributed by atoms with Crippen molar-refractivity contribution < 1.29 is 9.90 Å². The van der Waals surface area contributed by atoms with Crippen LogP contribution in [0.4, 0.5) is 5.82 Å². The lowest BCUT2D eigenvalue weighted by atomic mass is 10.3. The zero-order valence-corrected chi connectivity index (χ0v) is 7.61. The van der Waals surface area contributed by atoms with Crippen LogP contribution in [0.2, 0.25) is 0 Å². The second kappa shape index (κ2) is 4.82. The number of nitrogens with one attached hydrogen (secondary N) is 1. The first-order valence-corrected chi connectivity index (χ1v) is 3.94. The first-order chi connectivity index (χ1) is 6.75. The maximum atomic E-state index is 10.7. The van der Waals surface area contributed by atoms with E-state index in [4.69, 9.17) is 5.11 Å². The van der Waals surface area contributed by atoms with Crippen LogP contribution in [-0.2, 0) is 0 Å². The molecule has 0 unspecified atom stereocenters. The minimum Gasteiger partial charge on any atom is -0.478 e. The van der Waals surface area contributed by atoms with Gasteiger partial charge in [0.05, 0.1) is 12.7 Å². The quantitative estimate of drug-likeness (QED) is 0.684. The molecule has 0 spiro atoms. The molecule has 0 fully saturated rings. The number of hydrogen-bond acceptors (Lipinski definition) is 4. The summed E-state index contributed by atoms with van der Waals surface area (Å²) in [4.78, 5) is 10.7. The highest BCUT2D eigenvalue weighted by atomic mass is 16.4. The van der Waals surface area contributed by atoms with Crippen LogP contribution in [0.5, 0.6) is 0 Å². The van der Waals surface area contributed by atoms with Gasteiger partial charge in [0, 0.05) is 0 Å². The van der Waals surface area contributed by atoms with Gasteiger partial charge in [-0.25, -0.2) is 4.79 Å². The van der Waals surface area contributed by atoms with E-state index in [1.807, 2.05) is 0 Å². The lowest BCUT2D eigenvalue weighted by Gasteiger charge is -2.02. The standard InChI is InChI=1S/C9H9N3O2/c1-2-3-5-10-8-7(9(13)14)4-6-11-12-8/h4,6H,5H2,1H3,(H,10,12)(H,13,14). The molecule has 0 bridgehead atoms.